The van der Waals surface area contributed by atoms with Crippen molar-refractivity contribution in [1.29, 1.82) is 0 Å². The van der Waals surface area contributed by atoms with Crippen LogP contribution in [0.25, 0.3) is 0 Å². The highest BCUT2D eigenvalue weighted by Crippen LogP contribution is 2.12. The van der Waals surface area contributed by atoms with Crippen LogP contribution in [0.5, 0.6) is 5.75 Å². The van der Waals surface area contributed by atoms with Crippen LogP contribution >= 0.6 is 24.0 Å². The summed E-state index contributed by atoms with van der Waals surface area (Å²) in [5.41, 5.74) is 1.14. The van der Waals surface area contributed by atoms with Crippen LogP contribution in [0.1, 0.15) is 12.5 Å². The molecule has 1 N–H and O–H groups in total. The number of methoxy groups -OCH3 is 1. The summed E-state index contributed by atoms with van der Waals surface area (Å²) in [5.74, 6) is 1.66. The number of hydrogen-bond donors (Lipinski definition) is 1. The van der Waals surface area contributed by atoms with Gasteiger partial charge in [0.1, 0.15) is 12.4 Å². The number of hydrogen-bond acceptors (Lipinski definition) is 5. The number of nitrogens with zero attached hydrogens (tertiary/aromatic N) is 3. The minimum atomic E-state index is -0.243. The first-order valence-corrected chi connectivity index (χ1v) is 9.26. The monoisotopic (exact) mass is 506 g/mol. The van der Waals surface area contributed by atoms with Crippen LogP contribution in [-0.4, -0.2) is 82.0 Å². The number of aliphatic imine (C=N–C) groups is 1. The van der Waals surface area contributed by atoms with E-state index in [9.17, 15) is 4.79 Å². The third-order valence-electron chi connectivity index (χ3n) is 4.25. The molecule has 1 fully saturated rings. The van der Waals surface area contributed by atoms with Crippen molar-refractivity contribution >= 4 is 36.0 Å². The Morgan fingerprint density at radius 2 is 1.75 bits per heavy atom. The van der Waals surface area contributed by atoms with E-state index in [1.54, 1.807) is 19.1 Å². The molecule has 0 atom stereocenters. The molecule has 1 aromatic carbocycles. The highest BCUT2D eigenvalue weighted by Gasteiger charge is 2.23. The van der Waals surface area contributed by atoms with Gasteiger partial charge in [-0.1, -0.05) is 12.1 Å². The van der Waals surface area contributed by atoms with Crippen LogP contribution in [0.2, 0.25) is 0 Å². The molecule has 0 bridgehead atoms. The van der Waals surface area contributed by atoms with E-state index < -0.39 is 0 Å². The lowest BCUT2D eigenvalue weighted by Gasteiger charge is -2.35. The molecule has 1 saturated heterocycles. The fraction of sp³-hybridized carbons (Fsp3) is 0.579. The molecule has 0 aromatic heterocycles. The third kappa shape index (κ3) is 7.70. The normalized spacial score (nSPS) is 14.3. The van der Waals surface area contributed by atoms with E-state index >= 15 is 0 Å². The first-order valence-electron chi connectivity index (χ1n) is 9.26. The number of carbonyl (C=O) groups is 1. The molecule has 0 radical (unpaired) electrons. The SMILES string of the molecule is CCOC(=O)N1CCN(C(=NC)NCc2ccc(OCCOC)cc2)CC1.I. The fourth-order valence-electron chi connectivity index (χ4n) is 2.78. The molecule has 158 valence electrons. The predicted octanol–water partition coefficient (Wildman–Crippen LogP) is 2.18. The van der Waals surface area contributed by atoms with Crippen LogP contribution < -0.4 is 10.1 Å². The first-order chi connectivity index (χ1) is 13.2. The van der Waals surface area contributed by atoms with Gasteiger partial charge in [0, 0.05) is 46.9 Å². The average Bonchev–Trinajstić information content (AvgIpc) is 2.70. The Balaban J connectivity index is 0.00000392. The molecule has 0 saturated carbocycles. The van der Waals surface area contributed by atoms with E-state index in [0.29, 0.717) is 39.5 Å². The van der Waals surface area contributed by atoms with Crippen molar-refractivity contribution in [3.63, 3.8) is 0 Å². The zero-order valence-corrected chi connectivity index (χ0v) is 19.2. The van der Waals surface area contributed by atoms with Crippen molar-refractivity contribution in [3.8, 4) is 5.75 Å². The third-order valence-corrected chi connectivity index (χ3v) is 4.25. The number of halogens is 1. The van der Waals surface area contributed by atoms with E-state index in [4.69, 9.17) is 14.2 Å². The molecule has 1 aliphatic heterocycles. The van der Waals surface area contributed by atoms with Gasteiger partial charge in [-0.15, -0.1) is 24.0 Å². The average molecular weight is 506 g/mol. The Labute approximate surface area is 184 Å². The van der Waals surface area contributed by atoms with E-state index in [1.807, 2.05) is 31.2 Å². The molecule has 2 rings (SSSR count). The van der Waals surface area contributed by atoms with Crippen molar-refractivity contribution in [3.05, 3.63) is 29.8 Å². The fourth-order valence-corrected chi connectivity index (χ4v) is 2.78. The Morgan fingerprint density at radius 3 is 2.32 bits per heavy atom. The van der Waals surface area contributed by atoms with Crippen molar-refractivity contribution in [2.45, 2.75) is 13.5 Å². The molecular weight excluding hydrogens is 475 g/mol. The Morgan fingerprint density at radius 1 is 1.11 bits per heavy atom. The van der Waals surface area contributed by atoms with Gasteiger partial charge in [-0.3, -0.25) is 4.99 Å². The molecule has 8 nitrogen and oxygen atoms in total. The van der Waals surface area contributed by atoms with Gasteiger partial charge in [0.15, 0.2) is 5.96 Å². The summed E-state index contributed by atoms with van der Waals surface area (Å²) >= 11 is 0. The second-order valence-electron chi connectivity index (χ2n) is 6.06. The first kappa shape index (κ1) is 24.3. The molecule has 0 spiro atoms. The number of carbonyl (C=O) groups excluding carboxylic acids is 1. The molecule has 28 heavy (non-hydrogen) atoms. The maximum absolute atomic E-state index is 11.8. The highest BCUT2D eigenvalue weighted by atomic mass is 127. The standard InChI is InChI=1S/C19H30N4O4.HI/c1-4-26-19(24)23-11-9-22(10-12-23)18(20-2)21-15-16-5-7-17(8-6-16)27-14-13-25-3;/h5-8H,4,9-15H2,1-3H3,(H,20,21);1H. The Bertz CT molecular complexity index is 604. The molecule has 0 aliphatic carbocycles. The maximum atomic E-state index is 11.8. The summed E-state index contributed by atoms with van der Waals surface area (Å²) in [6.07, 6.45) is -0.243. The Kier molecular flexibility index (Phi) is 11.7. The number of amides is 1. The minimum absolute atomic E-state index is 0. The van der Waals surface area contributed by atoms with Gasteiger partial charge >= 0.3 is 6.09 Å². The summed E-state index contributed by atoms with van der Waals surface area (Å²) in [5, 5.41) is 3.38. The predicted molar refractivity (Wildman–Crippen MR) is 120 cm³/mol. The van der Waals surface area contributed by atoms with E-state index in [-0.39, 0.29) is 30.1 Å². The van der Waals surface area contributed by atoms with Gasteiger partial charge in [-0.25, -0.2) is 4.79 Å². The maximum Gasteiger partial charge on any atom is 0.409 e. The van der Waals surface area contributed by atoms with Gasteiger partial charge < -0.3 is 29.3 Å². The summed E-state index contributed by atoms with van der Waals surface area (Å²) in [4.78, 5) is 20.0. The summed E-state index contributed by atoms with van der Waals surface area (Å²) in [7, 11) is 3.43. The van der Waals surface area contributed by atoms with E-state index in [2.05, 4.69) is 15.2 Å². The molecular formula is C19H31IN4O4. The lowest BCUT2D eigenvalue weighted by atomic mass is 10.2. The molecule has 0 unspecified atom stereocenters. The number of piperazine rings is 1. The van der Waals surface area contributed by atoms with Crippen LogP contribution in [-0.2, 0) is 16.0 Å². The molecule has 1 aliphatic rings. The molecule has 1 amide bonds. The van der Waals surface area contributed by atoms with E-state index in [1.165, 1.54) is 0 Å². The van der Waals surface area contributed by atoms with Crippen molar-refractivity contribution in [2.75, 3.05) is 60.2 Å². The van der Waals surface area contributed by atoms with Crippen LogP contribution in [0.3, 0.4) is 0 Å². The smallest absolute Gasteiger partial charge is 0.409 e. The van der Waals surface area contributed by atoms with Crippen LogP contribution in [0, 0.1) is 0 Å². The van der Waals surface area contributed by atoms with Gasteiger partial charge in [0.25, 0.3) is 0 Å². The van der Waals surface area contributed by atoms with Gasteiger partial charge in [0.05, 0.1) is 13.2 Å². The zero-order valence-electron chi connectivity index (χ0n) is 16.8. The van der Waals surface area contributed by atoms with Gasteiger partial charge in [-0.2, -0.15) is 0 Å². The van der Waals surface area contributed by atoms with Crippen LogP contribution in [0.4, 0.5) is 4.79 Å². The molecule has 1 aromatic rings. The highest BCUT2D eigenvalue weighted by molar-refractivity contribution is 14.0. The molecule has 1 heterocycles. The second kappa shape index (κ2) is 13.4. The van der Waals surface area contributed by atoms with Crippen molar-refractivity contribution in [2.24, 2.45) is 4.99 Å². The summed E-state index contributed by atoms with van der Waals surface area (Å²) in [6.45, 7) is 6.72. The number of guanidine groups is 1. The summed E-state index contributed by atoms with van der Waals surface area (Å²) < 4.78 is 15.6. The Hall–Kier alpha value is -1.75. The quantitative estimate of drug-likeness (QED) is 0.265. The minimum Gasteiger partial charge on any atom is -0.491 e. The number of benzene rings is 1. The second-order valence-corrected chi connectivity index (χ2v) is 6.06. The van der Waals surface area contributed by atoms with E-state index in [0.717, 1.165) is 30.4 Å². The topological polar surface area (TPSA) is 75.6 Å². The van der Waals surface area contributed by atoms with Crippen molar-refractivity contribution in [1.82, 2.24) is 15.1 Å². The lowest BCUT2D eigenvalue weighted by molar-refractivity contribution is 0.0914. The summed E-state index contributed by atoms with van der Waals surface area (Å²) in [6, 6.07) is 7.96. The van der Waals surface area contributed by atoms with Gasteiger partial charge in [0.2, 0.25) is 0 Å². The van der Waals surface area contributed by atoms with Crippen LogP contribution in [0.15, 0.2) is 29.3 Å². The zero-order chi connectivity index (χ0) is 19.5. The number of ether oxygens (including phenoxy) is 3. The number of nitrogens with one attached hydrogen (secondary N) is 1. The van der Waals surface area contributed by atoms with Crippen molar-refractivity contribution < 1.29 is 19.0 Å². The number of rotatable bonds is 7. The largest absolute Gasteiger partial charge is 0.491 e. The van der Waals surface area contributed by atoms with Gasteiger partial charge in [-0.05, 0) is 24.6 Å². The lowest BCUT2D eigenvalue weighted by Crippen LogP contribution is -2.53. The molecule has 9 heteroatoms.